The summed E-state index contributed by atoms with van der Waals surface area (Å²) in [5, 5.41) is 11.1. The van der Waals surface area contributed by atoms with Gasteiger partial charge in [-0.2, -0.15) is 0 Å². The molecule has 0 saturated heterocycles. The third-order valence-corrected chi connectivity index (χ3v) is 4.83. The number of aromatic nitrogens is 2. The van der Waals surface area contributed by atoms with Crippen LogP contribution in [-0.4, -0.2) is 40.1 Å². The lowest BCUT2D eigenvalue weighted by Gasteiger charge is -2.20. The Balaban J connectivity index is 2.56. The van der Waals surface area contributed by atoms with Crippen molar-refractivity contribution in [2.75, 3.05) is 19.5 Å². The van der Waals surface area contributed by atoms with Crippen LogP contribution < -0.4 is 5.56 Å². The van der Waals surface area contributed by atoms with Gasteiger partial charge in [0, 0.05) is 7.11 Å². The van der Waals surface area contributed by atoms with Crippen LogP contribution in [0.15, 0.2) is 21.4 Å². The highest BCUT2D eigenvalue weighted by molar-refractivity contribution is 7.99. The summed E-state index contributed by atoms with van der Waals surface area (Å²) < 4.78 is 7.32. The van der Waals surface area contributed by atoms with Gasteiger partial charge in [-0.3, -0.25) is 14.2 Å². The first-order valence-corrected chi connectivity index (χ1v) is 8.28. The van der Waals surface area contributed by atoms with Crippen molar-refractivity contribution >= 4 is 39.3 Å². The van der Waals surface area contributed by atoms with Gasteiger partial charge in [0.2, 0.25) is 0 Å². The van der Waals surface area contributed by atoms with Gasteiger partial charge < -0.3 is 9.84 Å². The van der Waals surface area contributed by atoms with Crippen molar-refractivity contribution in [1.29, 1.82) is 0 Å². The van der Waals surface area contributed by atoms with Gasteiger partial charge in [0.25, 0.3) is 5.56 Å². The van der Waals surface area contributed by atoms with Crippen molar-refractivity contribution < 1.29 is 14.6 Å². The van der Waals surface area contributed by atoms with Gasteiger partial charge in [0.15, 0.2) is 5.16 Å². The Bertz CT molecular complexity index is 695. The van der Waals surface area contributed by atoms with Crippen LogP contribution >= 0.6 is 23.1 Å². The Kier molecular flexibility index (Phi) is 5.38. The monoisotopic (exact) mass is 328 g/mol. The molecule has 0 bridgehead atoms. The topological polar surface area (TPSA) is 81.4 Å². The number of hydrogen-bond acceptors (Lipinski definition) is 6. The number of carbonyl (C=O) groups is 1. The van der Waals surface area contributed by atoms with E-state index < -0.39 is 5.97 Å². The number of thiophene rings is 1. The van der Waals surface area contributed by atoms with Crippen LogP contribution in [0.1, 0.15) is 19.4 Å². The Morgan fingerprint density at radius 1 is 1.62 bits per heavy atom. The summed E-state index contributed by atoms with van der Waals surface area (Å²) in [5.74, 6) is -1.07. The largest absolute Gasteiger partial charge is 0.481 e. The van der Waals surface area contributed by atoms with E-state index in [9.17, 15) is 9.59 Å². The van der Waals surface area contributed by atoms with Gasteiger partial charge in [-0.15, -0.1) is 11.3 Å². The average molecular weight is 328 g/mol. The van der Waals surface area contributed by atoms with Gasteiger partial charge in [-0.05, 0) is 17.9 Å². The summed E-state index contributed by atoms with van der Waals surface area (Å²) in [5.41, 5.74) is 0.480. The lowest BCUT2D eigenvalue weighted by molar-refractivity contribution is -0.133. The maximum Gasteiger partial charge on any atom is 0.313 e. The first kappa shape index (κ1) is 16.0. The fourth-order valence-corrected chi connectivity index (χ4v) is 3.57. The molecule has 2 aromatic heterocycles. The van der Waals surface area contributed by atoms with Crippen LogP contribution in [0.2, 0.25) is 0 Å². The molecule has 2 rings (SSSR count). The molecule has 0 saturated carbocycles. The number of methoxy groups -OCH3 is 1. The molecule has 0 aliphatic carbocycles. The number of carboxylic acids is 1. The van der Waals surface area contributed by atoms with Crippen molar-refractivity contribution in [3.05, 3.63) is 21.8 Å². The highest BCUT2D eigenvalue weighted by Gasteiger charge is 2.19. The minimum atomic E-state index is -0.939. The Morgan fingerprint density at radius 2 is 2.38 bits per heavy atom. The van der Waals surface area contributed by atoms with E-state index in [1.54, 1.807) is 17.7 Å². The molecule has 114 valence electrons. The van der Waals surface area contributed by atoms with Crippen molar-refractivity contribution in [2.45, 2.75) is 24.5 Å². The SMILES string of the molecule is CCC(COC)n1c(SCC(=O)O)nc2ccsc2c1=O. The number of nitrogens with zero attached hydrogens (tertiary/aromatic N) is 2. The zero-order chi connectivity index (χ0) is 15.4. The van der Waals surface area contributed by atoms with Crippen molar-refractivity contribution in [3.63, 3.8) is 0 Å². The minimum Gasteiger partial charge on any atom is -0.481 e. The van der Waals surface area contributed by atoms with E-state index in [0.29, 0.717) is 28.4 Å². The summed E-state index contributed by atoms with van der Waals surface area (Å²) in [4.78, 5) is 27.9. The molecule has 0 amide bonds. The second-order valence-corrected chi connectivity index (χ2v) is 6.26. The number of rotatable bonds is 7. The molecule has 0 aromatic carbocycles. The molecule has 6 nitrogen and oxygen atoms in total. The highest BCUT2D eigenvalue weighted by Crippen LogP contribution is 2.24. The Labute approximate surface area is 129 Å². The van der Waals surface area contributed by atoms with E-state index in [-0.39, 0.29) is 17.4 Å². The summed E-state index contributed by atoms with van der Waals surface area (Å²) in [6, 6.07) is 1.62. The molecule has 21 heavy (non-hydrogen) atoms. The molecule has 8 heteroatoms. The summed E-state index contributed by atoms with van der Waals surface area (Å²) in [6.45, 7) is 2.34. The van der Waals surface area contributed by atoms with Gasteiger partial charge in [-0.25, -0.2) is 4.98 Å². The number of hydrogen-bond donors (Lipinski definition) is 1. The zero-order valence-electron chi connectivity index (χ0n) is 11.7. The molecule has 0 aliphatic heterocycles. The molecule has 0 aliphatic rings. The minimum absolute atomic E-state index is 0.133. The fraction of sp³-hybridized carbons (Fsp3) is 0.462. The van der Waals surface area contributed by atoms with Crippen LogP contribution in [0.4, 0.5) is 0 Å². The van der Waals surface area contributed by atoms with Crippen molar-refractivity contribution in [1.82, 2.24) is 9.55 Å². The number of carboxylic acid groups (broad SMARTS) is 1. The second-order valence-electron chi connectivity index (χ2n) is 4.40. The van der Waals surface area contributed by atoms with Crippen LogP contribution in [-0.2, 0) is 9.53 Å². The molecular weight excluding hydrogens is 312 g/mol. The summed E-state index contributed by atoms with van der Waals surface area (Å²) >= 11 is 2.40. The van der Waals surface area contributed by atoms with Crippen molar-refractivity contribution in [2.24, 2.45) is 0 Å². The molecule has 2 aromatic rings. The second kappa shape index (κ2) is 7.06. The molecular formula is C13H16N2O4S2. The van der Waals surface area contributed by atoms with E-state index in [1.807, 2.05) is 12.3 Å². The third-order valence-electron chi connectivity index (χ3n) is 3.00. The van der Waals surface area contributed by atoms with E-state index in [4.69, 9.17) is 9.84 Å². The molecule has 0 radical (unpaired) electrons. The van der Waals surface area contributed by atoms with Crippen LogP contribution in [0.3, 0.4) is 0 Å². The number of thioether (sulfide) groups is 1. The molecule has 1 N–H and O–H groups in total. The molecule has 1 atom stereocenters. The smallest absolute Gasteiger partial charge is 0.313 e. The third kappa shape index (κ3) is 3.45. The predicted molar refractivity (Wildman–Crippen MR) is 83.4 cm³/mol. The maximum atomic E-state index is 12.6. The lowest BCUT2D eigenvalue weighted by atomic mass is 10.2. The highest BCUT2D eigenvalue weighted by atomic mass is 32.2. The van der Waals surface area contributed by atoms with Gasteiger partial charge in [0.1, 0.15) is 4.70 Å². The predicted octanol–water partition coefficient (Wildman–Crippen LogP) is 2.23. The van der Waals surface area contributed by atoms with E-state index in [0.717, 1.165) is 11.8 Å². The summed E-state index contributed by atoms with van der Waals surface area (Å²) in [6.07, 6.45) is 0.701. The zero-order valence-corrected chi connectivity index (χ0v) is 13.4. The normalized spacial score (nSPS) is 12.7. The number of ether oxygens (including phenoxy) is 1. The lowest BCUT2D eigenvalue weighted by Crippen LogP contribution is -2.29. The van der Waals surface area contributed by atoms with Gasteiger partial charge >= 0.3 is 5.97 Å². The standard InChI is InChI=1S/C13H16N2O4S2/c1-3-8(6-19-2)15-12(18)11-9(4-5-20-11)14-13(15)21-7-10(16)17/h4-5,8H,3,6-7H2,1-2H3,(H,16,17). The quantitative estimate of drug-likeness (QED) is 0.620. The molecule has 0 fully saturated rings. The Hall–Kier alpha value is -1.38. The molecule has 2 heterocycles. The molecule has 1 unspecified atom stereocenters. The van der Waals surface area contributed by atoms with E-state index in [2.05, 4.69) is 4.98 Å². The Morgan fingerprint density at radius 3 is 3.00 bits per heavy atom. The number of fused-ring (bicyclic) bond motifs is 1. The maximum absolute atomic E-state index is 12.6. The first-order valence-electron chi connectivity index (χ1n) is 6.41. The van der Waals surface area contributed by atoms with Crippen LogP contribution in [0, 0.1) is 0 Å². The van der Waals surface area contributed by atoms with E-state index >= 15 is 0 Å². The van der Waals surface area contributed by atoms with E-state index in [1.165, 1.54) is 11.3 Å². The number of aliphatic carboxylic acids is 1. The molecule has 0 spiro atoms. The van der Waals surface area contributed by atoms with Crippen LogP contribution in [0.5, 0.6) is 0 Å². The van der Waals surface area contributed by atoms with Crippen molar-refractivity contribution in [3.8, 4) is 0 Å². The van der Waals surface area contributed by atoms with Crippen LogP contribution in [0.25, 0.3) is 10.2 Å². The average Bonchev–Trinajstić information content (AvgIpc) is 2.92. The fourth-order valence-electron chi connectivity index (χ4n) is 2.02. The first-order chi connectivity index (χ1) is 10.1. The summed E-state index contributed by atoms with van der Waals surface area (Å²) in [7, 11) is 1.58. The van der Waals surface area contributed by atoms with Gasteiger partial charge in [-0.1, -0.05) is 18.7 Å². The van der Waals surface area contributed by atoms with Gasteiger partial charge in [0.05, 0.1) is 23.9 Å².